The van der Waals surface area contributed by atoms with E-state index in [2.05, 4.69) is 26.1 Å². The van der Waals surface area contributed by atoms with Crippen LogP contribution in [0.2, 0.25) is 0 Å². The van der Waals surface area contributed by atoms with E-state index in [0.717, 1.165) is 0 Å². The van der Waals surface area contributed by atoms with Crippen LogP contribution >= 0.6 is 0 Å². The average molecular weight is 318 g/mol. The van der Waals surface area contributed by atoms with Crippen molar-refractivity contribution in [2.45, 2.75) is 59.4 Å². The maximum absolute atomic E-state index is 12.6. The maximum Gasteiger partial charge on any atom is 0.254 e. The monoisotopic (exact) mass is 318 g/mol. The smallest absolute Gasteiger partial charge is 0.254 e. The molecule has 0 aliphatic rings. The van der Waals surface area contributed by atoms with Crippen LogP contribution in [0.15, 0.2) is 24.3 Å². The van der Waals surface area contributed by atoms with Crippen molar-refractivity contribution in [2.75, 3.05) is 13.1 Å². The first-order chi connectivity index (χ1) is 10.4. The Kier molecular flexibility index (Phi) is 5.98. The second-order valence-corrected chi connectivity index (χ2v) is 7.94. The van der Waals surface area contributed by atoms with Crippen LogP contribution in [0.1, 0.15) is 64.4 Å². The highest BCUT2D eigenvalue weighted by atomic mass is 16.2. The Bertz CT molecular complexity index is 548. The molecule has 1 N–H and O–H groups in total. The maximum atomic E-state index is 12.6. The quantitative estimate of drug-likeness (QED) is 0.925. The molecule has 0 aliphatic carbocycles. The Morgan fingerprint density at radius 2 is 1.52 bits per heavy atom. The normalized spacial score (nSPS) is 12.0. The van der Waals surface area contributed by atoms with E-state index >= 15 is 0 Å². The Balaban J connectivity index is 2.82. The van der Waals surface area contributed by atoms with E-state index in [0.29, 0.717) is 12.1 Å². The number of carbonyl (C=O) groups is 2. The Hall–Kier alpha value is -1.84. The van der Waals surface area contributed by atoms with Gasteiger partial charge >= 0.3 is 0 Å². The van der Waals surface area contributed by atoms with E-state index in [1.807, 2.05) is 52.0 Å². The standard InChI is InChI=1S/C19H30N2O2/c1-8-21(13-16(22)20-19(5,6)7)17(23)14-9-11-15(12-10-14)18(2,3)4/h9-12H,8,13H2,1-7H3,(H,20,22). The summed E-state index contributed by atoms with van der Waals surface area (Å²) in [5, 5.41) is 2.89. The van der Waals surface area contributed by atoms with Gasteiger partial charge < -0.3 is 10.2 Å². The molecule has 0 saturated heterocycles. The average Bonchev–Trinajstić information content (AvgIpc) is 2.41. The number of nitrogens with zero attached hydrogens (tertiary/aromatic N) is 1. The minimum atomic E-state index is -0.298. The molecular formula is C19H30N2O2. The first-order valence-electron chi connectivity index (χ1n) is 8.15. The predicted octanol–water partition coefficient (Wildman–Crippen LogP) is 3.36. The molecule has 1 aromatic rings. The molecular weight excluding hydrogens is 288 g/mol. The minimum absolute atomic E-state index is 0.0542. The van der Waals surface area contributed by atoms with Gasteiger partial charge in [-0.15, -0.1) is 0 Å². The molecule has 0 radical (unpaired) electrons. The van der Waals surface area contributed by atoms with Gasteiger partial charge in [0.1, 0.15) is 0 Å². The Morgan fingerprint density at radius 1 is 1.00 bits per heavy atom. The van der Waals surface area contributed by atoms with Crippen LogP contribution < -0.4 is 5.32 Å². The van der Waals surface area contributed by atoms with Crippen molar-refractivity contribution in [3.8, 4) is 0 Å². The highest BCUT2D eigenvalue weighted by molar-refractivity contribution is 5.96. The molecule has 0 saturated carbocycles. The van der Waals surface area contributed by atoms with Crippen molar-refractivity contribution < 1.29 is 9.59 Å². The molecule has 0 unspecified atom stereocenters. The molecule has 23 heavy (non-hydrogen) atoms. The lowest BCUT2D eigenvalue weighted by molar-refractivity contribution is -0.123. The SMILES string of the molecule is CCN(CC(=O)NC(C)(C)C)C(=O)c1ccc(C(C)(C)C)cc1. The highest BCUT2D eigenvalue weighted by Crippen LogP contribution is 2.22. The molecule has 0 atom stereocenters. The van der Waals surface area contributed by atoms with Crippen molar-refractivity contribution >= 4 is 11.8 Å². The second-order valence-electron chi connectivity index (χ2n) is 7.94. The number of hydrogen-bond acceptors (Lipinski definition) is 2. The summed E-state index contributed by atoms with van der Waals surface area (Å²) in [4.78, 5) is 26.2. The molecule has 128 valence electrons. The minimum Gasteiger partial charge on any atom is -0.350 e. The molecule has 0 heterocycles. The molecule has 1 aromatic carbocycles. The van der Waals surface area contributed by atoms with Crippen LogP contribution in [0.3, 0.4) is 0 Å². The van der Waals surface area contributed by atoms with Crippen molar-refractivity contribution in [1.29, 1.82) is 0 Å². The fourth-order valence-electron chi connectivity index (χ4n) is 2.25. The number of amides is 2. The summed E-state index contributed by atoms with van der Waals surface area (Å²) >= 11 is 0. The van der Waals surface area contributed by atoms with Crippen molar-refractivity contribution in [2.24, 2.45) is 0 Å². The van der Waals surface area contributed by atoms with Gasteiger partial charge in [0.25, 0.3) is 5.91 Å². The van der Waals surface area contributed by atoms with Crippen LogP contribution in [0.5, 0.6) is 0 Å². The zero-order chi connectivity index (χ0) is 17.8. The lowest BCUT2D eigenvalue weighted by Crippen LogP contribution is -2.47. The van der Waals surface area contributed by atoms with E-state index in [9.17, 15) is 9.59 Å². The highest BCUT2D eigenvalue weighted by Gasteiger charge is 2.21. The van der Waals surface area contributed by atoms with Crippen molar-refractivity contribution in [3.63, 3.8) is 0 Å². The lowest BCUT2D eigenvalue weighted by Gasteiger charge is -2.25. The third-order valence-electron chi connectivity index (χ3n) is 3.52. The molecule has 0 spiro atoms. The summed E-state index contributed by atoms with van der Waals surface area (Å²) in [5.74, 6) is -0.254. The number of nitrogens with one attached hydrogen (secondary N) is 1. The van der Waals surface area contributed by atoms with E-state index in [-0.39, 0.29) is 29.3 Å². The van der Waals surface area contributed by atoms with E-state index < -0.39 is 0 Å². The molecule has 0 aliphatic heterocycles. The number of likely N-dealkylation sites (N-methyl/N-ethyl adjacent to an activating group) is 1. The van der Waals surface area contributed by atoms with E-state index in [1.54, 1.807) is 4.90 Å². The summed E-state index contributed by atoms with van der Waals surface area (Å²) in [6.45, 7) is 14.6. The van der Waals surface area contributed by atoms with Crippen LogP contribution in [-0.4, -0.2) is 35.3 Å². The number of carbonyl (C=O) groups excluding carboxylic acids is 2. The zero-order valence-corrected chi connectivity index (χ0v) is 15.5. The third kappa shape index (κ3) is 6.05. The summed E-state index contributed by atoms with van der Waals surface area (Å²) < 4.78 is 0. The molecule has 0 aromatic heterocycles. The van der Waals surface area contributed by atoms with E-state index in [4.69, 9.17) is 0 Å². The van der Waals surface area contributed by atoms with Crippen LogP contribution in [0, 0.1) is 0 Å². The van der Waals surface area contributed by atoms with Gasteiger partial charge in [0.2, 0.25) is 5.91 Å². The summed E-state index contributed by atoms with van der Waals surface area (Å²) in [6, 6.07) is 7.65. The third-order valence-corrected chi connectivity index (χ3v) is 3.52. The topological polar surface area (TPSA) is 49.4 Å². The number of hydrogen-bond donors (Lipinski definition) is 1. The molecule has 2 amide bonds. The van der Waals surface area contributed by atoms with Crippen molar-refractivity contribution in [1.82, 2.24) is 10.2 Å². The summed E-state index contributed by atoms with van der Waals surface area (Å²) in [6.07, 6.45) is 0. The Morgan fingerprint density at radius 3 is 1.91 bits per heavy atom. The number of rotatable bonds is 4. The molecule has 4 nitrogen and oxygen atoms in total. The fourth-order valence-corrected chi connectivity index (χ4v) is 2.25. The van der Waals surface area contributed by atoms with E-state index in [1.165, 1.54) is 5.56 Å². The van der Waals surface area contributed by atoms with Crippen LogP contribution in [0.25, 0.3) is 0 Å². The predicted molar refractivity (Wildman–Crippen MR) is 94.6 cm³/mol. The van der Waals surface area contributed by atoms with Gasteiger partial charge in [-0.1, -0.05) is 32.9 Å². The molecule has 4 heteroatoms. The summed E-state index contributed by atoms with van der Waals surface area (Å²) in [5.41, 5.74) is 1.55. The van der Waals surface area contributed by atoms with Gasteiger partial charge in [0.05, 0.1) is 6.54 Å². The van der Waals surface area contributed by atoms with Gasteiger partial charge in [0.15, 0.2) is 0 Å². The number of benzene rings is 1. The van der Waals surface area contributed by atoms with Gasteiger partial charge in [-0.25, -0.2) is 0 Å². The van der Waals surface area contributed by atoms with Gasteiger partial charge in [-0.3, -0.25) is 9.59 Å². The zero-order valence-electron chi connectivity index (χ0n) is 15.5. The van der Waals surface area contributed by atoms with Crippen LogP contribution in [0.4, 0.5) is 0 Å². The lowest BCUT2D eigenvalue weighted by atomic mass is 9.86. The largest absolute Gasteiger partial charge is 0.350 e. The summed E-state index contributed by atoms with van der Waals surface area (Å²) in [7, 11) is 0. The van der Waals surface area contributed by atoms with Gasteiger partial charge in [0, 0.05) is 17.6 Å². The van der Waals surface area contributed by atoms with Gasteiger partial charge in [-0.05, 0) is 50.8 Å². The molecule has 1 rings (SSSR count). The van der Waals surface area contributed by atoms with Crippen molar-refractivity contribution in [3.05, 3.63) is 35.4 Å². The molecule has 0 fully saturated rings. The first-order valence-corrected chi connectivity index (χ1v) is 8.15. The Labute approximate surface area is 140 Å². The second kappa shape index (κ2) is 7.16. The first kappa shape index (κ1) is 19.2. The van der Waals surface area contributed by atoms with Crippen LogP contribution in [-0.2, 0) is 10.2 Å². The fraction of sp³-hybridized carbons (Fsp3) is 0.579. The molecule has 0 bridgehead atoms. The van der Waals surface area contributed by atoms with Gasteiger partial charge in [-0.2, -0.15) is 0 Å².